The van der Waals surface area contributed by atoms with E-state index < -0.39 is 40.9 Å². The predicted octanol–water partition coefficient (Wildman–Crippen LogP) is 2.71. The minimum atomic E-state index is -4.69. The van der Waals surface area contributed by atoms with Crippen LogP contribution in [0.25, 0.3) is 0 Å². The lowest BCUT2D eigenvalue weighted by molar-refractivity contribution is -0.138. The molecule has 0 aliphatic heterocycles. The lowest BCUT2D eigenvalue weighted by atomic mass is 10.1. The molecule has 1 rings (SSSR count). The highest BCUT2D eigenvalue weighted by Crippen LogP contribution is 2.31. The number of carbonyl (C=O) groups is 1. The zero-order chi connectivity index (χ0) is 12.7. The summed E-state index contributed by atoms with van der Waals surface area (Å²) in [4.78, 5) is 10.6. The summed E-state index contributed by atoms with van der Waals surface area (Å²) in [6, 6.07) is -1.15. The van der Waals surface area contributed by atoms with E-state index in [1.165, 1.54) is 0 Å². The van der Waals surface area contributed by atoms with E-state index in [2.05, 4.69) is 0 Å². The van der Waals surface area contributed by atoms with Crippen molar-refractivity contribution in [3.05, 3.63) is 34.8 Å². The highest BCUT2D eigenvalue weighted by Gasteiger charge is 2.32. The fourth-order valence-electron chi connectivity index (χ4n) is 0.953. The van der Waals surface area contributed by atoms with Crippen LogP contribution in [0, 0.1) is 6.92 Å². The van der Waals surface area contributed by atoms with Crippen molar-refractivity contribution in [1.29, 1.82) is 0 Å². The van der Waals surface area contributed by atoms with Gasteiger partial charge in [-0.15, -0.1) is 0 Å². The largest absolute Gasteiger partial charge is 0.478 e. The Morgan fingerprint density at radius 3 is 2.57 bits per heavy atom. The van der Waals surface area contributed by atoms with Gasteiger partial charge in [0.1, 0.15) is 0 Å². The first-order chi connectivity index (χ1) is 7.16. The number of halogens is 3. The van der Waals surface area contributed by atoms with Crippen molar-refractivity contribution in [3.8, 4) is 0 Å². The number of carboxylic acids is 1. The van der Waals surface area contributed by atoms with Crippen LogP contribution in [0.4, 0.5) is 13.2 Å². The zero-order valence-electron chi connectivity index (χ0n) is 9.07. The molecule has 0 aliphatic carbocycles. The fourth-order valence-corrected chi connectivity index (χ4v) is 0.953. The van der Waals surface area contributed by atoms with E-state index in [1.807, 2.05) is 0 Å². The SMILES string of the molecule is [2H]c1cc(C(F)(F)F)c(C)c([2H])c1C(=O)O. The van der Waals surface area contributed by atoms with Gasteiger partial charge < -0.3 is 5.11 Å². The van der Waals surface area contributed by atoms with Gasteiger partial charge in [0.05, 0.1) is 13.9 Å². The average Bonchev–Trinajstić information content (AvgIpc) is 2.09. The lowest BCUT2D eigenvalue weighted by Gasteiger charge is -2.09. The minimum absolute atomic E-state index is 0.427. The first-order valence-corrected chi connectivity index (χ1v) is 3.57. The topological polar surface area (TPSA) is 37.3 Å². The van der Waals surface area contributed by atoms with Gasteiger partial charge in [0.15, 0.2) is 0 Å². The van der Waals surface area contributed by atoms with Crippen LogP contribution in [0.3, 0.4) is 0 Å². The van der Waals surface area contributed by atoms with Crippen molar-refractivity contribution >= 4 is 5.97 Å². The number of hydrogen-bond acceptors (Lipinski definition) is 1. The molecule has 0 saturated carbocycles. The normalized spacial score (nSPS) is 13.4. The maximum Gasteiger partial charge on any atom is 0.416 e. The van der Waals surface area contributed by atoms with Crippen molar-refractivity contribution in [1.82, 2.24) is 0 Å². The molecular weight excluding hydrogens is 197 g/mol. The van der Waals surface area contributed by atoms with Gasteiger partial charge in [-0.25, -0.2) is 4.79 Å². The van der Waals surface area contributed by atoms with Crippen molar-refractivity contribution in [2.45, 2.75) is 13.1 Å². The Morgan fingerprint density at radius 2 is 2.14 bits per heavy atom. The Kier molecular flexibility index (Phi) is 1.86. The van der Waals surface area contributed by atoms with Crippen LogP contribution in [-0.2, 0) is 6.18 Å². The van der Waals surface area contributed by atoms with Gasteiger partial charge in [-0.1, -0.05) is 0 Å². The molecule has 0 fully saturated rings. The average molecular weight is 206 g/mol. The molecule has 76 valence electrons. The van der Waals surface area contributed by atoms with Gasteiger partial charge in [-0.2, -0.15) is 13.2 Å². The van der Waals surface area contributed by atoms with Crippen molar-refractivity contribution in [2.24, 2.45) is 0 Å². The number of benzene rings is 1. The molecule has 1 N–H and O–H groups in total. The maximum atomic E-state index is 12.4. The molecule has 2 nitrogen and oxygen atoms in total. The summed E-state index contributed by atoms with van der Waals surface area (Å²) in [5.74, 6) is -1.58. The molecule has 0 bridgehead atoms. The van der Waals surface area contributed by atoms with E-state index in [1.54, 1.807) is 0 Å². The lowest BCUT2D eigenvalue weighted by Crippen LogP contribution is -2.08. The number of aromatic carboxylic acids is 1. The molecule has 0 saturated heterocycles. The smallest absolute Gasteiger partial charge is 0.416 e. The molecule has 0 unspecified atom stereocenters. The number of hydrogen-bond donors (Lipinski definition) is 1. The first-order valence-electron chi connectivity index (χ1n) is 4.57. The highest BCUT2D eigenvalue weighted by atomic mass is 19.4. The minimum Gasteiger partial charge on any atom is -0.478 e. The van der Waals surface area contributed by atoms with Crippen molar-refractivity contribution in [3.63, 3.8) is 0 Å². The summed E-state index contributed by atoms with van der Waals surface area (Å²) in [7, 11) is 0. The summed E-state index contributed by atoms with van der Waals surface area (Å²) in [6.07, 6.45) is -4.69. The molecule has 0 radical (unpaired) electrons. The van der Waals surface area contributed by atoms with Gasteiger partial charge in [-0.3, -0.25) is 0 Å². The van der Waals surface area contributed by atoms with Crippen LogP contribution in [0.1, 0.15) is 24.2 Å². The Labute approximate surface area is 80.8 Å². The summed E-state index contributed by atoms with van der Waals surface area (Å²) in [6.45, 7) is 1.01. The molecule has 14 heavy (non-hydrogen) atoms. The first kappa shape index (κ1) is 7.84. The summed E-state index contributed by atoms with van der Waals surface area (Å²) in [5.41, 5.74) is -2.35. The highest BCUT2D eigenvalue weighted by molar-refractivity contribution is 5.87. The monoisotopic (exact) mass is 206 g/mol. The van der Waals surface area contributed by atoms with Crippen LogP contribution in [0.5, 0.6) is 0 Å². The molecular formula is C9H7F3O2. The second-order valence-electron chi connectivity index (χ2n) is 2.63. The molecule has 0 aromatic heterocycles. The number of rotatable bonds is 1. The van der Waals surface area contributed by atoms with Crippen LogP contribution in [0.2, 0.25) is 0 Å². The van der Waals surface area contributed by atoms with E-state index in [0.717, 1.165) is 6.92 Å². The van der Waals surface area contributed by atoms with E-state index >= 15 is 0 Å². The van der Waals surface area contributed by atoms with Crippen molar-refractivity contribution < 1.29 is 25.8 Å². The standard InChI is InChI=1S/C9H7F3O2/c1-5-4-6(8(13)14)2-3-7(5)9(10,11)12/h2-4H,1H3,(H,13,14)/i2D,4D. The molecule has 1 aromatic carbocycles. The predicted molar refractivity (Wildman–Crippen MR) is 43.1 cm³/mol. The zero-order valence-corrected chi connectivity index (χ0v) is 7.07. The summed E-state index contributed by atoms with van der Waals surface area (Å²) < 4.78 is 51.7. The third-order valence-electron chi connectivity index (χ3n) is 1.60. The van der Waals surface area contributed by atoms with Gasteiger partial charge in [0.2, 0.25) is 0 Å². The fraction of sp³-hybridized carbons (Fsp3) is 0.222. The summed E-state index contributed by atoms with van der Waals surface area (Å²) in [5, 5.41) is 8.64. The second-order valence-corrected chi connectivity index (χ2v) is 2.63. The molecule has 0 spiro atoms. The Hall–Kier alpha value is -1.52. The number of carboxylic acid groups (broad SMARTS) is 1. The molecule has 0 atom stereocenters. The van der Waals surface area contributed by atoms with Crippen LogP contribution in [-0.4, -0.2) is 11.1 Å². The Bertz CT molecular complexity index is 455. The van der Waals surface area contributed by atoms with Crippen LogP contribution < -0.4 is 0 Å². The van der Waals surface area contributed by atoms with Crippen LogP contribution in [0.15, 0.2) is 18.2 Å². The van der Waals surface area contributed by atoms with E-state index in [9.17, 15) is 18.0 Å². The third-order valence-corrected chi connectivity index (χ3v) is 1.60. The number of alkyl halides is 3. The van der Waals surface area contributed by atoms with E-state index in [4.69, 9.17) is 7.85 Å². The van der Waals surface area contributed by atoms with Gasteiger partial charge in [0, 0.05) is 0 Å². The molecule has 0 heterocycles. The van der Waals surface area contributed by atoms with Gasteiger partial charge in [-0.05, 0) is 30.6 Å². The van der Waals surface area contributed by atoms with E-state index in [0.29, 0.717) is 6.07 Å². The molecule has 0 aliphatic rings. The molecule has 5 heteroatoms. The van der Waals surface area contributed by atoms with Crippen LogP contribution >= 0.6 is 0 Å². The Balaban J connectivity index is 3.58. The molecule has 1 aromatic rings. The van der Waals surface area contributed by atoms with Gasteiger partial charge >= 0.3 is 12.1 Å². The van der Waals surface area contributed by atoms with E-state index in [-0.39, 0.29) is 0 Å². The second kappa shape index (κ2) is 3.32. The maximum absolute atomic E-state index is 12.4. The summed E-state index contributed by atoms with van der Waals surface area (Å²) >= 11 is 0. The van der Waals surface area contributed by atoms with Crippen molar-refractivity contribution in [2.75, 3.05) is 0 Å². The molecule has 0 amide bonds. The van der Waals surface area contributed by atoms with Gasteiger partial charge in [0.25, 0.3) is 0 Å². The Morgan fingerprint density at radius 1 is 1.57 bits per heavy atom. The third kappa shape index (κ3) is 2.04. The quantitative estimate of drug-likeness (QED) is 0.766.